The number of H-pyrrole nitrogens is 1. The van der Waals surface area contributed by atoms with Crippen LogP contribution in [-0.2, 0) is 12.8 Å². The Bertz CT molecular complexity index is 1070. The van der Waals surface area contributed by atoms with Gasteiger partial charge in [0, 0.05) is 30.4 Å². The Kier molecular flexibility index (Phi) is 4.50. The van der Waals surface area contributed by atoms with E-state index in [1.807, 2.05) is 13.8 Å². The van der Waals surface area contributed by atoms with E-state index in [9.17, 15) is 0 Å². The highest BCUT2D eigenvalue weighted by molar-refractivity contribution is 6.08. The molecule has 0 fully saturated rings. The summed E-state index contributed by atoms with van der Waals surface area (Å²) >= 11 is 0. The quantitative estimate of drug-likeness (QED) is 0.391. The SMILES string of the molecule is CC.Cc1cc2c(ccc3nc(-c4ccccc4)c4c(c32)CCCC4)[nH]1.[HH].[HH]. The molecule has 0 saturated heterocycles. The van der Waals surface area contributed by atoms with E-state index < -0.39 is 0 Å². The van der Waals surface area contributed by atoms with Crippen LogP contribution in [0.2, 0.25) is 0 Å². The zero-order chi connectivity index (χ0) is 18.1. The van der Waals surface area contributed by atoms with Gasteiger partial charge in [-0.2, -0.15) is 0 Å². The summed E-state index contributed by atoms with van der Waals surface area (Å²) in [6.07, 6.45) is 4.85. The van der Waals surface area contributed by atoms with Crippen LogP contribution >= 0.6 is 0 Å². The van der Waals surface area contributed by atoms with Crippen LogP contribution < -0.4 is 0 Å². The minimum absolute atomic E-state index is 0. The second-order valence-electron chi connectivity index (χ2n) is 6.86. The van der Waals surface area contributed by atoms with Crippen LogP contribution in [-0.4, -0.2) is 9.97 Å². The Labute approximate surface area is 158 Å². The fourth-order valence-electron chi connectivity index (χ4n) is 4.21. The number of aryl methyl sites for hydroxylation is 2. The third-order valence-corrected chi connectivity index (χ3v) is 5.25. The van der Waals surface area contributed by atoms with Gasteiger partial charge in [-0.25, -0.2) is 4.98 Å². The Morgan fingerprint density at radius 2 is 1.65 bits per heavy atom. The Hall–Kier alpha value is -2.61. The standard InChI is InChI=1S/C22H20N2.C2H6.2H2/c1-14-13-18-19(23-14)11-12-20-21(18)16-9-5-6-10-17(16)22(24-20)15-7-3-2-4-8-15;1-2;;/h2-4,7-8,11-13,23H,5-6,9-10H2,1H3;1-2H3;2*1H. The van der Waals surface area contributed by atoms with E-state index in [1.54, 1.807) is 0 Å². The molecule has 26 heavy (non-hydrogen) atoms. The first-order valence-corrected chi connectivity index (χ1v) is 9.80. The van der Waals surface area contributed by atoms with Gasteiger partial charge in [0.05, 0.1) is 11.2 Å². The minimum Gasteiger partial charge on any atom is -0.359 e. The van der Waals surface area contributed by atoms with Crippen LogP contribution in [0.15, 0.2) is 48.5 Å². The van der Waals surface area contributed by atoms with E-state index in [-0.39, 0.29) is 2.85 Å². The summed E-state index contributed by atoms with van der Waals surface area (Å²) in [5.74, 6) is 0. The maximum absolute atomic E-state index is 5.10. The first-order chi connectivity index (χ1) is 12.8. The molecule has 4 aromatic rings. The van der Waals surface area contributed by atoms with Crippen molar-refractivity contribution in [1.29, 1.82) is 0 Å². The van der Waals surface area contributed by atoms with Crippen molar-refractivity contribution >= 4 is 21.8 Å². The molecule has 2 aromatic carbocycles. The number of pyridine rings is 1. The average molecular weight is 347 g/mol. The second kappa shape index (κ2) is 6.95. The second-order valence-corrected chi connectivity index (χ2v) is 6.86. The van der Waals surface area contributed by atoms with E-state index >= 15 is 0 Å². The zero-order valence-electron chi connectivity index (χ0n) is 15.9. The predicted molar refractivity (Wildman–Crippen MR) is 116 cm³/mol. The molecule has 1 aliphatic rings. The number of aromatic nitrogens is 2. The number of aromatic amines is 1. The van der Waals surface area contributed by atoms with Crippen molar-refractivity contribution in [1.82, 2.24) is 9.97 Å². The molecule has 2 nitrogen and oxygen atoms in total. The predicted octanol–water partition coefficient (Wildman–Crippen LogP) is 7.09. The highest BCUT2D eigenvalue weighted by Gasteiger charge is 2.20. The Morgan fingerprint density at radius 3 is 2.42 bits per heavy atom. The summed E-state index contributed by atoms with van der Waals surface area (Å²) in [7, 11) is 0. The van der Waals surface area contributed by atoms with E-state index in [2.05, 4.69) is 60.4 Å². The summed E-state index contributed by atoms with van der Waals surface area (Å²) in [4.78, 5) is 8.58. The third-order valence-electron chi connectivity index (χ3n) is 5.25. The number of fused-ring (bicyclic) bond motifs is 5. The van der Waals surface area contributed by atoms with E-state index in [0.29, 0.717) is 0 Å². The first-order valence-electron chi connectivity index (χ1n) is 9.80. The van der Waals surface area contributed by atoms with Gasteiger partial charge in [0.15, 0.2) is 0 Å². The average Bonchev–Trinajstić information content (AvgIpc) is 3.09. The van der Waals surface area contributed by atoms with Gasteiger partial charge in [0.1, 0.15) is 0 Å². The largest absolute Gasteiger partial charge is 0.359 e. The summed E-state index contributed by atoms with van der Waals surface area (Å²) in [6, 6.07) is 17.3. The lowest BCUT2D eigenvalue weighted by Gasteiger charge is -2.22. The maximum Gasteiger partial charge on any atom is 0.0744 e. The molecule has 1 aliphatic carbocycles. The fourth-order valence-corrected chi connectivity index (χ4v) is 4.21. The molecule has 0 saturated carbocycles. The molecule has 0 radical (unpaired) electrons. The van der Waals surface area contributed by atoms with Crippen LogP contribution in [0.1, 0.15) is 46.4 Å². The lowest BCUT2D eigenvalue weighted by molar-refractivity contribution is 0.689. The molecule has 0 unspecified atom stereocenters. The maximum atomic E-state index is 5.10. The van der Waals surface area contributed by atoms with Gasteiger partial charge < -0.3 is 4.98 Å². The lowest BCUT2D eigenvalue weighted by atomic mass is 9.85. The van der Waals surface area contributed by atoms with Gasteiger partial charge in [-0.15, -0.1) is 0 Å². The molecule has 2 heterocycles. The number of nitrogens with one attached hydrogen (secondary N) is 1. The Morgan fingerprint density at radius 1 is 0.923 bits per heavy atom. The molecular formula is C24H30N2. The van der Waals surface area contributed by atoms with E-state index in [4.69, 9.17) is 4.98 Å². The molecular weight excluding hydrogens is 316 g/mol. The number of hydrogen-bond donors (Lipinski definition) is 1. The number of benzene rings is 2. The molecule has 0 atom stereocenters. The number of nitrogens with zero attached hydrogens (tertiary/aromatic N) is 1. The Balaban J connectivity index is 0.000000680. The summed E-state index contributed by atoms with van der Waals surface area (Å²) in [5, 5.41) is 2.70. The van der Waals surface area contributed by atoms with Crippen molar-refractivity contribution in [2.45, 2.75) is 46.5 Å². The van der Waals surface area contributed by atoms with Crippen LogP contribution in [0, 0.1) is 6.92 Å². The molecule has 5 rings (SSSR count). The van der Waals surface area contributed by atoms with Gasteiger partial charge >= 0.3 is 0 Å². The van der Waals surface area contributed by atoms with Gasteiger partial charge in [0.25, 0.3) is 0 Å². The van der Waals surface area contributed by atoms with Gasteiger partial charge in [-0.3, -0.25) is 0 Å². The van der Waals surface area contributed by atoms with Crippen LogP contribution in [0.4, 0.5) is 0 Å². The lowest BCUT2D eigenvalue weighted by Crippen LogP contribution is -2.07. The van der Waals surface area contributed by atoms with Crippen molar-refractivity contribution in [3.63, 3.8) is 0 Å². The minimum atomic E-state index is 0. The third kappa shape index (κ3) is 2.70. The van der Waals surface area contributed by atoms with Crippen LogP contribution in [0.25, 0.3) is 33.1 Å². The van der Waals surface area contributed by atoms with Crippen LogP contribution in [0.3, 0.4) is 0 Å². The molecule has 0 aliphatic heterocycles. The molecule has 1 N–H and O–H groups in total. The zero-order valence-corrected chi connectivity index (χ0v) is 15.9. The molecule has 2 aromatic heterocycles. The van der Waals surface area contributed by atoms with Crippen molar-refractivity contribution in [3.8, 4) is 11.3 Å². The monoisotopic (exact) mass is 346 g/mol. The van der Waals surface area contributed by atoms with Gasteiger partial charge in [-0.1, -0.05) is 44.2 Å². The van der Waals surface area contributed by atoms with E-state index in [1.165, 1.54) is 57.2 Å². The van der Waals surface area contributed by atoms with Crippen LogP contribution in [0.5, 0.6) is 0 Å². The topological polar surface area (TPSA) is 28.7 Å². The molecule has 2 heteroatoms. The van der Waals surface area contributed by atoms with Gasteiger partial charge in [-0.05, 0) is 61.9 Å². The molecule has 136 valence electrons. The normalized spacial score (nSPS) is 13.3. The van der Waals surface area contributed by atoms with E-state index in [0.717, 1.165) is 18.4 Å². The van der Waals surface area contributed by atoms with Crippen molar-refractivity contribution in [2.24, 2.45) is 0 Å². The summed E-state index contributed by atoms with van der Waals surface area (Å²) < 4.78 is 0. The highest BCUT2D eigenvalue weighted by atomic mass is 14.7. The fraction of sp³-hybridized carbons (Fsp3) is 0.292. The molecule has 0 amide bonds. The van der Waals surface area contributed by atoms with Crippen molar-refractivity contribution in [3.05, 3.63) is 65.4 Å². The summed E-state index contributed by atoms with van der Waals surface area (Å²) in [6.45, 7) is 6.13. The smallest absolute Gasteiger partial charge is 0.0744 e. The number of rotatable bonds is 1. The first kappa shape index (κ1) is 16.8. The number of hydrogen-bond acceptors (Lipinski definition) is 1. The highest BCUT2D eigenvalue weighted by Crippen LogP contribution is 2.38. The van der Waals surface area contributed by atoms with Crippen molar-refractivity contribution in [2.75, 3.05) is 0 Å². The van der Waals surface area contributed by atoms with Gasteiger partial charge in [0.2, 0.25) is 0 Å². The molecule has 0 spiro atoms. The molecule has 0 bridgehead atoms. The van der Waals surface area contributed by atoms with Crippen molar-refractivity contribution < 1.29 is 2.85 Å². The summed E-state index contributed by atoms with van der Waals surface area (Å²) in [5.41, 5.74) is 8.98.